The smallest absolute Gasteiger partial charge is 0.191 e. The lowest BCUT2D eigenvalue weighted by molar-refractivity contribution is 0.215. The van der Waals surface area contributed by atoms with Gasteiger partial charge in [0.15, 0.2) is 5.96 Å². The monoisotopic (exact) mass is 505 g/mol. The summed E-state index contributed by atoms with van der Waals surface area (Å²) in [5.74, 6) is 1.78. The van der Waals surface area contributed by atoms with Gasteiger partial charge in [0.25, 0.3) is 0 Å². The van der Waals surface area contributed by atoms with Crippen LogP contribution in [0.3, 0.4) is 0 Å². The average Bonchev–Trinajstić information content (AvgIpc) is 3.45. The molecule has 0 aliphatic carbocycles. The summed E-state index contributed by atoms with van der Waals surface area (Å²) >= 11 is 0. The molecule has 1 atom stereocenters. The lowest BCUT2D eigenvalue weighted by Gasteiger charge is -2.26. The number of benzene rings is 1. The molecule has 1 aliphatic rings. The summed E-state index contributed by atoms with van der Waals surface area (Å²) in [7, 11) is 1.80. The van der Waals surface area contributed by atoms with Crippen LogP contribution in [0.2, 0.25) is 0 Å². The van der Waals surface area contributed by atoms with Gasteiger partial charge in [0, 0.05) is 31.7 Å². The Balaban J connectivity index is 0.00000240. The van der Waals surface area contributed by atoms with Gasteiger partial charge in [-0.2, -0.15) is 0 Å². The van der Waals surface area contributed by atoms with E-state index in [1.54, 1.807) is 13.3 Å². The summed E-state index contributed by atoms with van der Waals surface area (Å²) in [6, 6.07) is 14.5. The number of nitrogens with zero attached hydrogens (tertiary/aromatic N) is 3. The first-order chi connectivity index (χ1) is 13.8. The molecule has 1 saturated heterocycles. The van der Waals surface area contributed by atoms with Crippen molar-refractivity contribution >= 4 is 40.8 Å². The van der Waals surface area contributed by atoms with Crippen LogP contribution in [0, 0.1) is 0 Å². The Morgan fingerprint density at radius 2 is 1.97 bits per heavy atom. The Morgan fingerprint density at radius 3 is 2.72 bits per heavy atom. The fourth-order valence-electron chi connectivity index (χ4n) is 3.85. The Kier molecular flexibility index (Phi) is 7.88. The van der Waals surface area contributed by atoms with E-state index >= 15 is 0 Å². The minimum atomic E-state index is 0. The molecule has 0 spiro atoms. The SMILES string of the molecule is CN=C(NCc1cccc2cccnc12)NCC(c1ccco1)N1CCCC1.I. The van der Waals surface area contributed by atoms with Crippen LogP contribution in [-0.4, -0.2) is 42.5 Å². The molecule has 1 unspecified atom stereocenters. The van der Waals surface area contributed by atoms with Crippen molar-refractivity contribution in [2.24, 2.45) is 4.99 Å². The third-order valence-electron chi connectivity index (χ3n) is 5.30. The zero-order valence-corrected chi connectivity index (χ0v) is 19.0. The second kappa shape index (κ2) is 10.6. The maximum Gasteiger partial charge on any atom is 0.191 e. The lowest BCUT2D eigenvalue weighted by atomic mass is 10.1. The van der Waals surface area contributed by atoms with Crippen LogP contribution in [0.4, 0.5) is 0 Å². The molecule has 154 valence electrons. The number of para-hydroxylation sites is 1. The molecule has 4 rings (SSSR count). The summed E-state index contributed by atoms with van der Waals surface area (Å²) in [5.41, 5.74) is 2.18. The molecular formula is C22H28IN5O. The van der Waals surface area contributed by atoms with E-state index in [1.807, 2.05) is 18.3 Å². The van der Waals surface area contributed by atoms with Crippen LogP contribution < -0.4 is 10.6 Å². The zero-order chi connectivity index (χ0) is 19.2. The highest BCUT2D eigenvalue weighted by Crippen LogP contribution is 2.24. The van der Waals surface area contributed by atoms with Gasteiger partial charge in [0.1, 0.15) is 5.76 Å². The van der Waals surface area contributed by atoms with Crippen molar-refractivity contribution in [3.8, 4) is 0 Å². The molecule has 6 nitrogen and oxygen atoms in total. The van der Waals surface area contributed by atoms with Gasteiger partial charge >= 0.3 is 0 Å². The van der Waals surface area contributed by atoms with Gasteiger partial charge in [-0.15, -0.1) is 24.0 Å². The van der Waals surface area contributed by atoms with Crippen LogP contribution in [0.15, 0.2) is 64.3 Å². The first-order valence-corrected chi connectivity index (χ1v) is 9.90. The lowest BCUT2D eigenvalue weighted by Crippen LogP contribution is -2.42. The number of hydrogen-bond donors (Lipinski definition) is 2. The number of guanidine groups is 1. The number of fused-ring (bicyclic) bond motifs is 1. The molecule has 2 N–H and O–H groups in total. The van der Waals surface area contributed by atoms with E-state index in [2.05, 4.69) is 55.8 Å². The van der Waals surface area contributed by atoms with E-state index < -0.39 is 0 Å². The topological polar surface area (TPSA) is 65.7 Å². The van der Waals surface area contributed by atoms with Gasteiger partial charge in [-0.25, -0.2) is 0 Å². The maximum atomic E-state index is 5.70. The van der Waals surface area contributed by atoms with Crippen LogP contribution in [-0.2, 0) is 6.54 Å². The Bertz CT molecular complexity index is 917. The normalized spacial score (nSPS) is 15.8. The summed E-state index contributed by atoms with van der Waals surface area (Å²) in [5, 5.41) is 8.04. The predicted octanol–water partition coefficient (Wildman–Crippen LogP) is 3.95. The average molecular weight is 505 g/mol. The molecule has 1 aromatic carbocycles. The van der Waals surface area contributed by atoms with Gasteiger partial charge in [-0.3, -0.25) is 14.9 Å². The van der Waals surface area contributed by atoms with Crippen molar-refractivity contribution in [2.75, 3.05) is 26.7 Å². The van der Waals surface area contributed by atoms with Gasteiger partial charge in [-0.1, -0.05) is 24.3 Å². The minimum absolute atomic E-state index is 0. The van der Waals surface area contributed by atoms with Gasteiger partial charge in [0.2, 0.25) is 0 Å². The predicted molar refractivity (Wildman–Crippen MR) is 128 cm³/mol. The van der Waals surface area contributed by atoms with E-state index in [0.717, 1.165) is 47.8 Å². The summed E-state index contributed by atoms with van der Waals surface area (Å²) in [4.78, 5) is 11.4. The summed E-state index contributed by atoms with van der Waals surface area (Å²) in [6.45, 7) is 3.64. The number of rotatable bonds is 6. The molecule has 2 aromatic heterocycles. The fourth-order valence-corrected chi connectivity index (χ4v) is 3.85. The van der Waals surface area contributed by atoms with Crippen LogP contribution in [0.5, 0.6) is 0 Å². The van der Waals surface area contributed by atoms with Crippen molar-refractivity contribution in [3.05, 3.63) is 66.2 Å². The third-order valence-corrected chi connectivity index (χ3v) is 5.30. The Morgan fingerprint density at radius 1 is 1.14 bits per heavy atom. The number of hydrogen-bond acceptors (Lipinski definition) is 4. The quantitative estimate of drug-likeness (QED) is 0.302. The number of aromatic nitrogens is 1. The molecule has 3 heterocycles. The molecule has 0 bridgehead atoms. The largest absolute Gasteiger partial charge is 0.468 e. The second-order valence-electron chi connectivity index (χ2n) is 7.07. The van der Waals surface area contributed by atoms with Crippen molar-refractivity contribution in [2.45, 2.75) is 25.4 Å². The first-order valence-electron chi connectivity index (χ1n) is 9.90. The van der Waals surface area contributed by atoms with Crippen molar-refractivity contribution in [1.82, 2.24) is 20.5 Å². The van der Waals surface area contributed by atoms with Crippen LogP contribution >= 0.6 is 24.0 Å². The Labute approximate surface area is 188 Å². The summed E-state index contributed by atoms with van der Waals surface area (Å²) in [6.07, 6.45) is 6.08. The van der Waals surface area contributed by atoms with E-state index in [0.29, 0.717) is 6.54 Å². The maximum absolute atomic E-state index is 5.70. The van der Waals surface area contributed by atoms with E-state index in [9.17, 15) is 0 Å². The molecule has 3 aromatic rings. The number of halogens is 1. The molecule has 1 fully saturated rings. The standard InChI is InChI=1S/C22H27N5O.HI/c1-23-22(25-15-18-8-4-7-17-9-5-11-24-21(17)18)26-16-19(20-10-6-14-28-20)27-12-2-3-13-27;/h4-11,14,19H,2-3,12-13,15-16H2,1H3,(H2,23,25,26);1H. The molecule has 7 heteroatoms. The minimum Gasteiger partial charge on any atom is -0.468 e. The highest BCUT2D eigenvalue weighted by Gasteiger charge is 2.25. The second-order valence-corrected chi connectivity index (χ2v) is 7.07. The van der Waals surface area contributed by atoms with E-state index in [4.69, 9.17) is 4.42 Å². The van der Waals surface area contributed by atoms with Gasteiger partial charge in [-0.05, 0) is 49.7 Å². The number of aliphatic imine (C=N–C) groups is 1. The molecule has 0 saturated carbocycles. The molecule has 29 heavy (non-hydrogen) atoms. The zero-order valence-electron chi connectivity index (χ0n) is 16.7. The van der Waals surface area contributed by atoms with Crippen LogP contribution in [0.1, 0.15) is 30.2 Å². The third kappa shape index (κ3) is 5.27. The number of likely N-dealkylation sites (tertiary alicyclic amines) is 1. The van der Waals surface area contributed by atoms with Gasteiger partial charge in [0.05, 0.1) is 17.8 Å². The summed E-state index contributed by atoms with van der Waals surface area (Å²) < 4.78 is 5.70. The van der Waals surface area contributed by atoms with Crippen molar-refractivity contribution in [3.63, 3.8) is 0 Å². The molecule has 1 aliphatic heterocycles. The van der Waals surface area contributed by atoms with Crippen molar-refractivity contribution in [1.29, 1.82) is 0 Å². The molecule has 0 radical (unpaired) electrons. The van der Waals surface area contributed by atoms with Crippen LogP contribution in [0.25, 0.3) is 10.9 Å². The fraction of sp³-hybridized carbons (Fsp3) is 0.364. The number of furan rings is 1. The van der Waals surface area contributed by atoms with Crippen molar-refractivity contribution < 1.29 is 4.42 Å². The number of pyridine rings is 1. The molecule has 0 amide bonds. The first kappa shape index (κ1) is 21.6. The van der Waals surface area contributed by atoms with Gasteiger partial charge < -0.3 is 15.1 Å². The number of nitrogens with one attached hydrogen (secondary N) is 2. The van der Waals surface area contributed by atoms with E-state index in [-0.39, 0.29) is 30.0 Å². The highest BCUT2D eigenvalue weighted by atomic mass is 127. The molecular weight excluding hydrogens is 477 g/mol. The van der Waals surface area contributed by atoms with E-state index in [1.165, 1.54) is 12.8 Å². The highest BCUT2D eigenvalue weighted by molar-refractivity contribution is 14.0. The Hall–Kier alpha value is -2.13.